The first-order valence-corrected chi connectivity index (χ1v) is 4.49. The van der Waals surface area contributed by atoms with Crippen LogP contribution in [0.4, 0.5) is 4.79 Å². The summed E-state index contributed by atoms with van der Waals surface area (Å²) in [5.74, 6) is -1.11. The number of hydrogen-bond donors (Lipinski definition) is 3. The number of amides is 2. The first-order valence-electron chi connectivity index (χ1n) is 4.49. The van der Waals surface area contributed by atoms with Crippen molar-refractivity contribution in [2.45, 2.75) is 12.2 Å². The third-order valence-electron chi connectivity index (χ3n) is 2.23. The molecule has 86 valence electrons. The number of carbonyl (C=O) groups is 2. The summed E-state index contributed by atoms with van der Waals surface area (Å²) in [6.45, 7) is -0.338. The Labute approximate surface area is 86.5 Å². The predicted molar refractivity (Wildman–Crippen MR) is 49.2 cm³/mol. The summed E-state index contributed by atoms with van der Waals surface area (Å²) in [7, 11) is 1.35. The number of carboxylic acid groups (broad SMARTS) is 1. The number of aliphatic hydroxyl groups excluding tert-OH is 2. The van der Waals surface area contributed by atoms with Gasteiger partial charge in [-0.3, -0.25) is 4.79 Å². The number of aliphatic carboxylic acids is 1. The van der Waals surface area contributed by atoms with Gasteiger partial charge in [-0.2, -0.15) is 0 Å². The number of nitrogens with zero attached hydrogens (tertiary/aromatic N) is 2. The monoisotopic (exact) mass is 218 g/mol. The fourth-order valence-corrected chi connectivity index (χ4v) is 1.44. The maximum Gasteiger partial charge on any atom is 0.323 e. The highest BCUT2D eigenvalue weighted by Gasteiger charge is 2.34. The zero-order valence-electron chi connectivity index (χ0n) is 8.33. The molecule has 2 atom stereocenters. The molecule has 1 heterocycles. The number of likely N-dealkylation sites (tertiary alicyclic amines) is 1. The van der Waals surface area contributed by atoms with Crippen LogP contribution in [0.3, 0.4) is 0 Å². The fourth-order valence-electron chi connectivity index (χ4n) is 1.44. The van der Waals surface area contributed by atoms with E-state index < -0.39 is 30.8 Å². The third-order valence-corrected chi connectivity index (χ3v) is 2.23. The van der Waals surface area contributed by atoms with E-state index in [1.54, 1.807) is 0 Å². The van der Waals surface area contributed by atoms with Gasteiger partial charge in [-0.15, -0.1) is 0 Å². The van der Waals surface area contributed by atoms with E-state index in [1.807, 2.05) is 0 Å². The molecule has 2 unspecified atom stereocenters. The predicted octanol–water partition coefficient (Wildman–Crippen LogP) is -1.84. The lowest BCUT2D eigenvalue weighted by molar-refractivity contribution is -0.137. The van der Waals surface area contributed by atoms with Crippen LogP contribution < -0.4 is 0 Å². The Balaban J connectivity index is 2.51. The first-order chi connectivity index (χ1) is 6.91. The fraction of sp³-hybridized carbons (Fsp3) is 0.750. The average molecular weight is 218 g/mol. The quantitative estimate of drug-likeness (QED) is 0.505. The zero-order valence-corrected chi connectivity index (χ0v) is 8.33. The molecule has 0 aromatic rings. The lowest BCUT2D eigenvalue weighted by atomic mass is 10.3. The number of hydrogen-bond acceptors (Lipinski definition) is 4. The molecule has 0 saturated carbocycles. The normalized spacial score (nSPS) is 25.4. The summed E-state index contributed by atoms with van der Waals surface area (Å²) in [4.78, 5) is 24.1. The van der Waals surface area contributed by atoms with Crippen LogP contribution in [0.2, 0.25) is 0 Å². The molecule has 7 heteroatoms. The van der Waals surface area contributed by atoms with Crippen molar-refractivity contribution in [1.29, 1.82) is 0 Å². The molecule has 1 rings (SSSR count). The Bertz CT molecular complexity index is 260. The van der Waals surface area contributed by atoms with Gasteiger partial charge in [0.2, 0.25) is 0 Å². The second-order valence-corrected chi connectivity index (χ2v) is 3.57. The lowest BCUT2D eigenvalue weighted by Gasteiger charge is -2.22. The molecule has 3 N–H and O–H groups in total. The number of urea groups is 1. The van der Waals surface area contributed by atoms with E-state index in [9.17, 15) is 19.8 Å². The Morgan fingerprint density at radius 2 is 1.80 bits per heavy atom. The largest absolute Gasteiger partial charge is 0.480 e. The van der Waals surface area contributed by atoms with Gasteiger partial charge >= 0.3 is 12.0 Å². The topological polar surface area (TPSA) is 101 Å². The van der Waals surface area contributed by atoms with Crippen molar-refractivity contribution in [1.82, 2.24) is 9.80 Å². The summed E-state index contributed by atoms with van der Waals surface area (Å²) >= 11 is 0. The summed E-state index contributed by atoms with van der Waals surface area (Å²) in [5, 5.41) is 26.9. The van der Waals surface area contributed by atoms with Crippen molar-refractivity contribution in [3.05, 3.63) is 0 Å². The molecule has 0 radical (unpaired) electrons. The summed E-state index contributed by atoms with van der Waals surface area (Å²) < 4.78 is 0. The second-order valence-electron chi connectivity index (χ2n) is 3.57. The van der Waals surface area contributed by atoms with Crippen LogP contribution in [0.25, 0.3) is 0 Å². The molecular formula is C8H14N2O5. The third kappa shape index (κ3) is 2.80. The SMILES string of the molecule is CN(CC(=O)O)C(=O)N1CC(O)C(O)C1. The summed E-state index contributed by atoms with van der Waals surface area (Å²) in [6.07, 6.45) is -1.90. The molecule has 15 heavy (non-hydrogen) atoms. The smallest absolute Gasteiger partial charge is 0.323 e. The number of β-amino-alcohol motifs (C(OH)–C–C–N with tert-alkyl or cyclic N) is 2. The molecule has 0 bridgehead atoms. The van der Waals surface area contributed by atoms with E-state index in [1.165, 1.54) is 11.9 Å². The van der Waals surface area contributed by atoms with Crippen LogP contribution >= 0.6 is 0 Å². The van der Waals surface area contributed by atoms with Gasteiger partial charge in [0.1, 0.15) is 6.54 Å². The number of carboxylic acids is 1. The summed E-state index contributed by atoms with van der Waals surface area (Å²) in [6, 6.07) is -0.506. The molecular weight excluding hydrogens is 204 g/mol. The minimum atomic E-state index is -1.11. The number of carbonyl (C=O) groups excluding carboxylic acids is 1. The Morgan fingerprint density at radius 1 is 1.33 bits per heavy atom. The lowest BCUT2D eigenvalue weighted by Crippen LogP contribution is -2.42. The highest BCUT2D eigenvalue weighted by Crippen LogP contribution is 2.11. The zero-order chi connectivity index (χ0) is 11.6. The Morgan fingerprint density at radius 3 is 2.20 bits per heavy atom. The van der Waals surface area contributed by atoms with Gasteiger partial charge in [0.25, 0.3) is 0 Å². The minimum Gasteiger partial charge on any atom is -0.480 e. The minimum absolute atomic E-state index is 0.0317. The molecule has 7 nitrogen and oxygen atoms in total. The van der Waals surface area contributed by atoms with Gasteiger partial charge in [0, 0.05) is 7.05 Å². The van der Waals surface area contributed by atoms with Gasteiger partial charge in [-0.05, 0) is 0 Å². The van der Waals surface area contributed by atoms with Gasteiger partial charge in [-0.25, -0.2) is 4.79 Å². The van der Waals surface area contributed by atoms with E-state index in [-0.39, 0.29) is 13.1 Å². The van der Waals surface area contributed by atoms with Gasteiger partial charge in [0.15, 0.2) is 0 Å². The second kappa shape index (κ2) is 4.45. The molecule has 2 amide bonds. The highest BCUT2D eigenvalue weighted by molar-refractivity contribution is 5.80. The standard InChI is InChI=1S/C8H14N2O5/c1-9(4-7(13)14)8(15)10-2-5(11)6(12)3-10/h5-6,11-12H,2-4H2,1H3,(H,13,14). The van der Waals surface area contributed by atoms with Crippen molar-refractivity contribution in [3.63, 3.8) is 0 Å². The number of rotatable bonds is 2. The molecule has 1 saturated heterocycles. The molecule has 0 aliphatic carbocycles. The maximum absolute atomic E-state index is 11.5. The molecule has 0 spiro atoms. The summed E-state index contributed by atoms with van der Waals surface area (Å²) in [5.41, 5.74) is 0. The van der Waals surface area contributed by atoms with Crippen LogP contribution in [-0.2, 0) is 4.79 Å². The van der Waals surface area contributed by atoms with Crippen molar-refractivity contribution in [2.24, 2.45) is 0 Å². The average Bonchev–Trinajstić information content (AvgIpc) is 2.44. The van der Waals surface area contributed by atoms with Crippen molar-refractivity contribution >= 4 is 12.0 Å². The van der Waals surface area contributed by atoms with E-state index in [2.05, 4.69) is 0 Å². The van der Waals surface area contributed by atoms with E-state index in [0.29, 0.717) is 0 Å². The maximum atomic E-state index is 11.5. The van der Waals surface area contributed by atoms with E-state index in [0.717, 1.165) is 4.90 Å². The van der Waals surface area contributed by atoms with Crippen LogP contribution in [0.1, 0.15) is 0 Å². The first kappa shape index (κ1) is 11.7. The molecule has 1 aliphatic rings. The van der Waals surface area contributed by atoms with E-state index in [4.69, 9.17) is 5.11 Å². The molecule has 1 fully saturated rings. The number of likely N-dealkylation sites (N-methyl/N-ethyl adjacent to an activating group) is 1. The van der Waals surface area contributed by atoms with Gasteiger partial charge in [-0.1, -0.05) is 0 Å². The Hall–Kier alpha value is -1.34. The molecule has 0 aromatic heterocycles. The van der Waals surface area contributed by atoms with Crippen molar-refractivity contribution in [3.8, 4) is 0 Å². The van der Waals surface area contributed by atoms with Crippen LogP contribution in [-0.4, -0.2) is 76.0 Å². The van der Waals surface area contributed by atoms with Crippen LogP contribution in [0, 0.1) is 0 Å². The van der Waals surface area contributed by atoms with E-state index >= 15 is 0 Å². The van der Waals surface area contributed by atoms with Gasteiger partial charge in [0.05, 0.1) is 25.3 Å². The van der Waals surface area contributed by atoms with Gasteiger partial charge < -0.3 is 25.1 Å². The van der Waals surface area contributed by atoms with Crippen molar-refractivity contribution in [2.75, 3.05) is 26.7 Å². The number of aliphatic hydroxyl groups is 2. The highest BCUT2D eigenvalue weighted by atomic mass is 16.4. The Kier molecular flexibility index (Phi) is 3.48. The van der Waals surface area contributed by atoms with Crippen molar-refractivity contribution < 1.29 is 24.9 Å². The molecule has 0 aromatic carbocycles. The van der Waals surface area contributed by atoms with Crippen LogP contribution in [0.15, 0.2) is 0 Å². The van der Waals surface area contributed by atoms with Crippen LogP contribution in [0.5, 0.6) is 0 Å². The molecule has 1 aliphatic heterocycles.